The van der Waals surface area contributed by atoms with Crippen LogP contribution in [0.4, 0.5) is 0 Å². The second-order valence-corrected chi connectivity index (χ2v) is 6.56. The Kier molecular flexibility index (Phi) is 7.16. The van der Waals surface area contributed by atoms with Crippen molar-refractivity contribution in [1.82, 2.24) is 0 Å². The Labute approximate surface area is 168 Å². The number of halogens is 2. The smallest absolute Gasteiger partial charge is 0.341 e. The van der Waals surface area contributed by atoms with E-state index >= 15 is 0 Å². The van der Waals surface area contributed by atoms with Crippen LogP contribution in [0.25, 0.3) is 11.1 Å². The predicted molar refractivity (Wildman–Crippen MR) is 104 cm³/mol. The van der Waals surface area contributed by atoms with Gasteiger partial charge in [-0.1, -0.05) is 23.2 Å². The highest BCUT2D eigenvalue weighted by Crippen LogP contribution is 2.33. The number of methoxy groups -OCH3 is 1. The number of carbonyl (C=O) groups is 1. The molecule has 0 fully saturated rings. The number of pyridine rings is 2. The first-order valence-corrected chi connectivity index (χ1v) is 8.75. The van der Waals surface area contributed by atoms with Gasteiger partial charge >= 0.3 is 5.97 Å². The highest BCUT2D eigenvalue weighted by molar-refractivity contribution is 6.36. The van der Waals surface area contributed by atoms with Crippen LogP contribution in [0, 0.1) is 0 Å². The maximum atomic E-state index is 10.7. The lowest BCUT2D eigenvalue weighted by Gasteiger charge is -2.07. The van der Waals surface area contributed by atoms with Gasteiger partial charge in [0.25, 0.3) is 0 Å². The second kappa shape index (κ2) is 9.35. The summed E-state index contributed by atoms with van der Waals surface area (Å²) in [6.45, 7) is 0. The van der Waals surface area contributed by atoms with Crippen molar-refractivity contribution in [3.05, 3.63) is 76.8 Å². The van der Waals surface area contributed by atoms with Gasteiger partial charge in [-0.2, -0.15) is 0 Å². The lowest BCUT2D eigenvalue weighted by atomic mass is 10.1. The Bertz CT molecular complexity index is 884. The van der Waals surface area contributed by atoms with Crippen molar-refractivity contribution in [2.75, 3.05) is 7.11 Å². The Morgan fingerprint density at radius 1 is 0.852 bits per heavy atom. The summed E-state index contributed by atoms with van der Waals surface area (Å²) in [6.07, 6.45) is 8.23. The third kappa shape index (κ3) is 5.42. The number of benzene rings is 1. The van der Waals surface area contributed by atoms with E-state index in [0.717, 1.165) is 0 Å². The molecule has 2 aromatic heterocycles. The molecule has 0 atom stereocenters. The average Bonchev–Trinajstić information content (AvgIpc) is 2.65. The van der Waals surface area contributed by atoms with Crippen molar-refractivity contribution >= 4 is 29.2 Å². The van der Waals surface area contributed by atoms with Gasteiger partial charge in [0.05, 0.1) is 17.2 Å². The molecule has 140 valence electrons. The van der Waals surface area contributed by atoms with Gasteiger partial charge in [0.15, 0.2) is 30.5 Å². The number of aromatic nitrogens is 2. The maximum absolute atomic E-state index is 10.7. The van der Waals surface area contributed by atoms with Gasteiger partial charge in [-0.15, -0.1) is 0 Å². The Morgan fingerprint density at radius 2 is 1.26 bits per heavy atom. The van der Waals surface area contributed by atoms with Crippen molar-refractivity contribution in [1.29, 1.82) is 0 Å². The fraction of sp³-hybridized carbons (Fsp3) is 0.150. The lowest BCUT2D eigenvalue weighted by Crippen LogP contribution is -2.26. The number of aryl methyl sites for hydroxylation is 2. The third-order valence-electron chi connectivity index (χ3n) is 3.77. The van der Waals surface area contributed by atoms with E-state index in [0.29, 0.717) is 0 Å². The van der Waals surface area contributed by atoms with Crippen molar-refractivity contribution in [3.8, 4) is 16.9 Å². The number of ether oxygens (including phenoxy) is 1. The van der Waals surface area contributed by atoms with Gasteiger partial charge in [0.1, 0.15) is 19.7 Å². The maximum Gasteiger partial charge on any atom is 0.341 e. The first kappa shape index (κ1) is 20.7. The number of carboxylic acids is 1. The molecule has 0 aliphatic carbocycles. The van der Waals surface area contributed by atoms with E-state index in [1.54, 1.807) is 0 Å². The molecule has 0 unspecified atom stereocenters. The summed E-state index contributed by atoms with van der Waals surface area (Å²) >= 11 is 11.4. The summed E-state index contributed by atoms with van der Waals surface area (Å²) in [6, 6.07) is 11.4. The van der Waals surface area contributed by atoms with Crippen LogP contribution in [0.2, 0.25) is 10.0 Å². The van der Waals surface area contributed by atoms with E-state index in [4.69, 9.17) is 33.0 Å². The van der Waals surface area contributed by atoms with Crippen LogP contribution in [0.1, 0.15) is 10.4 Å². The van der Waals surface area contributed by atoms with E-state index in [1.165, 1.54) is 30.4 Å². The number of rotatable bonds is 3. The fourth-order valence-electron chi connectivity index (χ4n) is 2.32. The SMILES string of the molecule is COc1c(Cl)ccc(Cl)c1C(=O)O.C[n+]1ccc(-c2cc[n+](C)cc2)cc1. The zero-order valence-corrected chi connectivity index (χ0v) is 16.7. The second-order valence-electron chi connectivity index (χ2n) is 5.75. The van der Waals surface area contributed by atoms with Gasteiger partial charge in [0.2, 0.25) is 0 Å². The molecule has 0 aliphatic heterocycles. The van der Waals surface area contributed by atoms with Crippen LogP contribution in [-0.4, -0.2) is 18.2 Å². The molecule has 0 spiro atoms. The van der Waals surface area contributed by atoms with Crippen LogP contribution in [0.3, 0.4) is 0 Å². The van der Waals surface area contributed by atoms with Crippen molar-refractivity contribution < 1.29 is 23.8 Å². The molecule has 5 nitrogen and oxygen atoms in total. The Balaban J connectivity index is 0.000000194. The molecule has 1 N–H and O–H groups in total. The monoisotopic (exact) mass is 406 g/mol. The van der Waals surface area contributed by atoms with E-state index in [1.807, 2.05) is 23.2 Å². The standard InChI is InChI=1S/C12H14N2.C8H6Cl2O3/c1-13-7-3-11(4-8-13)12-5-9-14(2)10-6-12;1-13-7-5(10)3-2-4(9)6(7)8(11)12/h3-10H,1-2H3;2-3H,1H3,(H,11,12)/q+2;. The van der Waals surface area contributed by atoms with Gasteiger partial charge < -0.3 is 9.84 Å². The summed E-state index contributed by atoms with van der Waals surface area (Å²) in [5.41, 5.74) is 2.39. The Hall–Kier alpha value is -2.63. The van der Waals surface area contributed by atoms with Crippen LogP contribution in [-0.2, 0) is 14.1 Å². The molecule has 0 saturated heterocycles. The van der Waals surface area contributed by atoms with E-state index in [9.17, 15) is 4.79 Å². The highest BCUT2D eigenvalue weighted by atomic mass is 35.5. The molecule has 7 heteroatoms. The predicted octanol–water partition coefficient (Wildman–Crippen LogP) is 3.70. The zero-order valence-electron chi connectivity index (χ0n) is 15.2. The van der Waals surface area contributed by atoms with Gasteiger partial charge in [-0.3, -0.25) is 0 Å². The molecule has 0 saturated carbocycles. The van der Waals surface area contributed by atoms with E-state index in [-0.39, 0.29) is 21.4 Å². The number of carboxylic acid groups (broad SMARTS) is 1. The molecule has 0 bridgehead atoms. The number of nitrogens with zero attached hydrogens (tertiary/aromatic N) is 2. The molecule has 0 radical (unpaired) electrons. The highest BCUT2D eigenvalue weighted by Gasteiger charge is 2.18. The number of hydrogen-bond donors (Lipinski definition) is 1. The van der Waals surface area contributed by atoms with Crippen molar-refractivity contribution in [2.24, 2.45) is 14.1 Å². The number of aromatic carboxylic acids is 1. The molecule has 0 amide bonds. The minimum absolute atomic E-state index is 0.0849. The molecule has 1 aromatic carbocycles. The van der Waals surface area contributed by atoms with Gasteiger partial charge in [-0.25, -0.2) is 13.9 Å². The normalized spacial score (nSPS) is 9.96. The van der Waals surface area contributed by atoms with Crippen LogP contribution in [0.5, 0.6) is 5.75 Å². The zero-order chi connectivity index (χ0) is 20.0. The molecule has 2 heterocycles. The minimum Gasteiger partial charge on any atom is -0.494 e. The molecule has 0 aliphatic rings. The first-order chi connectivity index (χ1) is 12.8. The quantitative estimate of drug-likeness (QED) is 0.674. The van der Waals surface area contributed by atoms with Crippen LogP contribution < -0.4 is 13.9 Å². The van der Waals surface area contributed by atoms with E-state index in [2.05, 4.69) is 49.1 Å². The van der Waals surface area contributed by atoms with E-state index < -0.39 is 5.97 Å². The third-order valence-corrected chi connectivity index (χ3v) is 4.38. The molecule has 3 rings (SSSR count). The Morgan fingerprint density at radius 3 is 1.59 bits per heavy atom. The summed E-state index contributed by atoms with van der Waals surface area (Å²) in [7, 11) is 5.38. The summed E-state index contributed by atoms with van der Waals surface area (Å²) in [5, 5.41) is 9.11. The molecular formula is C20H20Cl2N2O3+2. The van der Waals surface area contributed by atoms with Crippen LogP contribution >= 0.6 is 23.2 Å². The molecule has 3 aromatic rings. The lowest BCUT2D eigenvalue weighted by molar-refractivity contribution is -0.671. The van der Waals surface area contributed by atoms with Gasteiger partial charge in [-0.05, 0) is 23.3 Å². The van der Waals surface area contributed by atoms with Crippen molar-refractivity contribution in [3.63, 3.8) is 0 Å². The first-order valence-electron chi connectivity index (χ1n) is 7.99. The topological polar surface area (TPSA) is 54.3 Å². The minimum atomic E-state index is -1.16. The molecule has 27 heavy (non-hydrogen) atoms. The molecular weight excluding hydrogens is 387 g/mol. The average molecular weight is 407 g/mol. The summed E-state index contributed by atoms with van der Waals surface area (Å²) < 4.78 is 8.89. The number of hydrogen-bond acceptors (Lipinski definition) is 2. The largest absolute Gasteiger partial charge is 0.494 e. The van der Waals surface area contributed by atoms with Crippen LogP contribution in [0.15, 0.2) is 61.2 Å². The summed E-state index contributed by atoms with van der Waals surface area (Å²) in [5.74, 6) is -1.08. The summed E-state index contributed by atoms with van der Waals surface area (Å²) in [4.78, 5) is 10.7. The van der Waals surface area contributed by atoms with Gasteiger partial charge in [0, 0.05) is 24.3 Å². The van der Waals surface area contributed by atoms with Crippen molar-refractivity contribution in [2.45, 2.75) is 0 Å². The fourth-order valence-corrected chi connectivity index (χ4v) is 2.78.